The van der Waals surface area contributed by atoms with Crippen LogP contribution in [0.1, 0.15) is 35.9 Å². The maximum atomic E-state index is 5.93. The van der Waals surface area contributed by atoms with Crippen LogP contribution >= 0.6 is 11.3 Å². The van der Waals surface area contributed by atoms with Gasteiger partial charge >= 0.3 is 0 Å². The third-order valence-corrected chi connectivity index (χ3v) is 5.65. The maximum absolute atomic E-state index is 5.93. The molecular formula is C19H17N5OS. The van der Waals surface area contributed by atoms with Crippen molar-refractivity contribution in [3.63, 3.8) is 0 Å². The fourth-order valence-corrected chi connectivity index (χ4v) is 4.24. The lowest BCUT2D eigenvalue weighted by molar-refractivity contribution is 0.396. The fraction of sp³-hybridized carbons (Fsp3) is 0.263. The number of aromatic nitrogens is 4. The molecule has 0 spiro atoms. The van der Waals surface area contributed by atoms with Gasteiger partial charge in [-0.2, -0.15) is 0 Å². The average molecular weight is 363 g/mol. The number of hydrogen-bond acceptors (Lipinski definition) is 7. The van der Waals surface area contributed by atoms with E-state index >= 15 is 0 Å². The van der Waals surface area contributed by atoms with E-state index in [-0.39, 0.29) is 6.04 Å². The van der Waals surface area contributed by atoms with Crippen molar-refractivity contribution in [3.8, 4) is 0 Å². The van der Waals surface area contributed by atoms with Gasteiger partial charge in [0.15, 0.2) is 0 Å². The zero-order valence-electron chi connectivity index (χ0n) is 14.3. The molecular weight excluding hydrogens is 346 g/mol. The minimum absolute atomic E-state index is 0.0318. The molecule has 7 heteroatoms. The molecule has 0 saturated carbocycles. The summed E-state index contributed by atoms with van der Waals surface area (Å²) in [5.74, 6) is 2.24. The van der Waals surface area contributed by atoms with Crippen molar-refractivity contribution in [3.05, 3.63) is 64.9 Å². The first-order chi connectivity index (χ1) is 12.8. The first-order valence-electron chi connectivity index (χ1n) is 8.67. The molecule has 5 rings (SSSR count). The van der Waals surface area contributed by atoms with E-state index in [1.807, 2.05) is 6.92 Å². The summed E-state index contributed by atoms with van der Waals surface area (Å²) in [7, 11) is 0. The van der Waals surface area contributed by atoms with Gasteiger partial charge in [-0.1, -0.05) is 31.2 Å². The molecule has 0 N–H and O–H groups in total. The second kappa shape index (κ2) is 6.17. The first kappa shape index (κ1) is 15.5. The van der Waals surface area contributed by atoms with Crippen LogP contribution < -0.4 is 4.90 Å². The molecule has 4 aromatic rings. The van der Waals surface area contributed by atoms with Gasteiger partial charge in [-0.15, -0.1) is 21.5 Å². The highest BCUT2D eigenvalue weighted by Gasteiger charge is 2.33. The minimum atomic E-state index is -0.0318. The van der Waals surface area contributed by atoms with Crippen molar-refractivity contribution in [1.29, 1.82) is 0 Å². The van der Waals surface area contributed by atoms with Gasteiger partial charge in [-0.25, -0.2) is 9.97 Å². The molecule has 1 unspecified atom stereocenters. The van der Waals surface area contributed by atoms with Gasteiger partial charge in [0.2, 0.25) is 11.8 Å². The van der Waals surface area contributed by atoms with Crippen molar-refractivity contribution in [2.45, 2.75) is 32.4 Å². The summed E-state index contributed by atoms with van der Waals surface area (Å²) in [5, 5.41) is 11.6. The van der Waals surface area contributed by atoms with E-state index in [1.54, 1.807) is 17.7 Å². The highest BCUT2D eigenvalue weighted by molar-refractivity contribution is 7.16. The molecule has 0 bridgehead atoms. The molecule has 0 aliphatic carbocycles. The molecule has 0 saturated heterocycles. The Labute approximate surface area is 154 Å². The number of nitrogens with zero attached hydrogens (tertiary/aromatic N) is 5. The monoisotopic (exact) mass is 363 g/mol. The van der Waals surface area contributed by atoms with Crippen LogP contribution in [0.2, 0.25) is 0 Å². The van der Waals surface area contributed by atoms with Crippen molar-refractivity contribution in [1.82, 2.24) is 20.2 Å². The van der Waals surface area contributed by atoms with Crippen molar-refractivity contribution < 1.29 is 4.42 Å². The highest BCUT2D eigenvalue weighted by atomic mass is 32.1. The lowest BCUT2D eigenvalue weighted by Gasteiger charge is -2.36. The van der Waals surface area contributed by atoms with Crippen molar-refractivity contribution in [2.75, 3.05) is 4.90 Å². The van der Waals surface area contributed by atoms with Crippen LogP contribution in [0, 0.1) is 0 Å². The predicted molar refractivity (Wildman–Crippen MR) is 100 cm³/mol. The van der Waals surface area contributed by atoms with Crippen LogP contribution in [0.3, 0.4) is 0 Å². The smallest absolute Gasteiger partial charge is 0.239 e. The first-order valence-corrected chi connectivity index (χ1v) is 9.55. The Balaban J connectivity index is 1.65. The second-order valence-electron chi connectivity index (χ2n) is 6.34. The molecule has 1 aliphatic heterocycles. The Morgan fingerprint density at radius 1 is 1.15 bits per heavy atom. The van der Waals surface area contributed by atoms with Crippen LogP contribution in [0.15, 0.2) is 46.5 Å². The highest BCUT2D eigenvalue weighted by Crippen LogP contribution is 2.38. The van der Waals surface area contributed by atoms with Crippen molar-refractivity contribution >= 4 is 27.4 Å². The number of thiophene rings is 1. The van der Waals surface area contributed by atoms with Gasteiger partial charge < -0.3 is 9.32 Å². The Morgan fingerprint density at radius 3 is 2.88 bits per heavy atom. The molecule has 6 nitrogen and oxygen atoms in total. The van der Waals surface area contributed by atoms with Gasteiger partial charge in [0.25, 0.3) is 0 Å². The SMILES string of the molecule is CCc1nnc(C2Cc3ccccc3CN2c2ncnc3sccc23)o1. The third kappa shape index (κ3) is 2.47. The quantitative estimate of drug-likeness (QED) is 0.549. The molecule has 0 fully saturated rings. The molecule has 4 heterocycles. The van der Waals surface area contributed by atoms with Crippen LogP contribution in [-0.4, -0.2) is 20.2 Å². The Hall–Kier alpha value is -2.80. The van der Waals surface area contributed by atoms with E-state index in [9.17, 15) is 0 Å². The van der Waals surface area contributed by atoms with Gasteiger partial charge in [-0.3, -0.25) is 0 Å². The molecule has 1 aromatic carbocycles. The van der Waals surface area contributed by atoms with Gasteiger partial charge in [-0.05, 0) is 22.6 Å². The van der Waals surface area contributed by atoms with Gasteiger partial charge in [0, 0.05) is 19.4 Å². The molecule has 0 radical (unpaired) electrons. The van der Waals surface area contributed by atoms with Crippen LogP contribution in [0.4, 0.5) is 5.82 Å². The summed E-state index contributed by atoms with van der Waals surface area (Å²) in [5.41, 5.74) is 2.63. The lowest BCUT2D eigenvalue weighted by atomic mass is 9.93. The van der Waals surface area contributed by atoms with Crippen LogP contribution in [0.25, 0.3) is 10.2 Å². The van der Waals surface area contributed by atoms with E-state index in [0.29, 0.717) is 11.8 Å². The number of hydrogen-bond donors (Lipinski definition) is 0. The molecule has 26 heavy (non-hydrogen) atoms. The largest absolute Gasteiger partial charge is 0.423 e. The number of rotatable bonds is 3. The number of anilines is 1. The number of aryl methyl sites for hydroxylation is 1. The second-order valence-corrected chi connectivity index (χ2v) is 7.24. The molecule has 3 aromatic heterocycles. The summed E-state index contributed by atoms with van der Waals surface area (Å²) in [6.07, 6.45) is 3.19. The zero-order valence-corrected chi connectivity index (χ0v) is 15.1. The minimum Gasteiger partial charge on any atom is -0.423 e. The number of fused-ring (bicyclic) bond motifs is 2. The Kier molecular flexibility index (Phi) is 3.67. The Bertz CT molecular complexity index is 1070. The summed E-state index contributed by atoms with van der Waals surface area (Å²) >= 11 is 1.63. The molecule has 1 aliphatic rings. The van der Waals surface area contributed by atoms with Crippen LogP contribution in [0.5, 0.6) is 0 Å². The third-order valence-electron chi connectivity index (χ3n) is 4.83. The van der Waals surface area contributed by atoms with Gasteiger partial charge in [0.1, 0.15) is 23.0 Å². The summed E-state index contributed by atoms with van der Waals surface area (Å²) in [6.45, 7) is 2.77. The molecule has 1 atom stereocenters. The average Bonchev–Trinajstić information content (AvgIpc) is 3.36. The maximum Gasteiger partial charge on any atom is 0.239 e. The van der Waals surface area contributed by atoms with Crippen molar-refractivity contribution in [2.24, 2.45) is 0 Å². The van der Waals surface area contributed by atoms with E-state index in [2.05, 4.69) is 60.8 Å². The lowest BCUT2D eigenvalue weighted by Crippen LogP contribution is -2.35. The standard InChI is InChI=1S/C19H17N5OS/c1-2-16-22-23-18(25-16)15-9-12-5-3-4-6-13(12)10-24(15)17-14-7-8-26-19(14)21-11-20-17/h3-8,11,15H,2,9-10H2,1H3. The van der Waals surface area contributed by atoms with Gasteiger partial charge in [0.05, 0.1) is 5.39 Å². The normalized spacial score (nSPS) is 16.8. The topological polar surface area (TPSA) is 67.9 Å². The zero-order chi connectivity index (χ0) is 17.5. The summed E-state index contributed by atoms with van der Waals surface area (Å²) < 4.78 is 5.93. The Morgan fingerprint density at radius 2 is 2.04 bits per heavy atom. The fourth-order valence-electron chi connectivity index (χ4n) is 3.52. The van der Waals surface area contributed by atoms with E-state index in [4.69, 9.17) is 4.42 Å². The van der Waals surface area contributed by atoms with Crippen LogP contribution in [-0.2, 0) is 19.4 Å². The van der Waals surface area contributed by atoms with E-state index < -0.39 is 0 Å². The summed E-state index contributed by atoms with van der Waals surface area (Å²) in [4.78, 5) is 12.3. The summed E-state index contributed by atoms with van der Waals surface area (Å²) in [6, 6.07) is 10.6. The molecule has 130 valence electrons. The van der Waals surface area contributed by atoms with E-state index in [1.165, 1.54) is 11.1 Å². The number of benzene rings is 1. The molecule has 0 amide bonds. The predicted octanol–water partition coefficient (Wildman–Crippen LogP) is 3.94. The van der Waals surface area contributed by atoms with E-state index in [0.717, 1.165) is 35.4 Å².